The van der Waals surface area contributed by atoms with E-state index in [0.29, 0.717) is 17.4 Å². The molecule has 0 saturated heterocycles. The lowest BCUT2D eigenvalue weighted by Crippen LogP contribution is -2.45. The molecule has 330 valence electrons. The van der Waals surface area contributed by atoms with E-state index in [1.807, 2.05) is 6.92 Å². The number of imidazole rings is 1. The summed E-state index contributed by atoms with van der Waals surface area (Å²) in [6.07, 6.45) is -3.22. The average molecular weight is 880 g/mol. The first-order chi connectivity index (χ1) is 27.9. The summed E-state index contributed by atoms with van der Waals surface area (Å²) in [5.74, 6) is -1.67. The number of rotatable bonds is 27. The van der Waals surface area contributed by atoms with Crippen molar-refractivity contribution in [3.05, 3.63) is 48.1 Å². The largest absolute Gasteiger partial charge is 0.472 e. The molecule has 7 atom stereocenters. The van der Waals surface area contributed by atoms with Crippen molar-refractivity contribution < 1.29 is 71.4 Å². The Morgan fingerprint density at radius 1 is 0.966 bits per heavy atom. The Balaban J connectivity index is 1.96. The number of carbonyl (C=O) groups excluding carboxylic acids is 2. The zero-order valence-electron chi connectivity index (χ0n) is 32.5. The highest BCUT2D eigenvalue weighted by molar-refractivity contribution is 7.47. The zero-order chi connectivity index (χ0) is 43.9. The van der Waals surface area contributed by atoms with Crippen molar-refractivity contribution in [2.24, 2.45) is 0 Å². The summed E-state index contributed by atoms with van der Waals surface area (Å²) in [5.41, 5.74) is 10.3. The van der Waals surface area contributed by atoms with E-state index in [1.165, 1.54) is 4.90 Å². The Morgan fingerprint density at radius 3 is 2.25 bits per heavy atom. The minimum Gasteiger partial charge on any atom is -0.453 e. The van der Waals surface area contributed by atoms with E-state index in [2.05, 4.69) is 31.0 Å². The van der Waals surface area contributed by atoms with Crippen molar-refractivity contribution in [3.63, 3.8) is 0 Å². The van der Waals surface area contributed by atoms with Crippen molar-refractivity contribution in [3.8, 4) is 0 Å². The third kappa shape index (κ3) is 14.8. The van der Waals surface area contributed by atoms with Crippen LogP contribution in [0.2, 0.25) is 0 Å². The third-order valence-electron chi connectivity index (χ3n) is 8.58. The van der Waals surface area contributed by atoms with Crippen LogP contribution in [-0.4, -0.2) is 136 Å². The Morgan fingerprint density at radius 2 is 1.63 bits per heavy atom. The monoisotopic (exact) mass is 879 g/mol. The van der Waals surface area contributed by atoms with Gasteiger partial charge in [-0.3, -0.25) is 32.3 Å². The number of unbranched alkanes of at least 4 members (excludes halogenated alkanes) is 3. The van der Waals surface area contributed by atoms with Crippen LogP contribution in [0.3, 0.4) is 0 Å². The van der Waals surface area contributed by atoms with Gasteiger partial charge in [-0.2, -0.15) is 4.98 Å². The second-order valence-corrected chi connectivity index (χ2v) is 15.4. The van der Waals surface area contributed by atoms with Gasteiger partial charge < -0.3 is 55.5 Å². The minimum atomic E-state index is -5.49. The number of nitrogens with zero attached hydrogens (tertiary/aromatic N) is 7. The van der Waals surface area contributed by atoms with Gasteiger partial charge >= 0.3 is 27.3 Å². The molecule has 0 spiro atoms. The van der Waals surface area contributed by atoms with E-state index >= 15 is 0 Å². The number of hydrogen-bond acceptors (Lipinski definition) is 19. The van der Waals surface area contributed by atoms with Gasteiger partial charge in [0.1, 0.15) is 42.5 Å². The first-order valence-corrected chi connectivity index (χ1v) is 21.0. The summed E-state index contributed by atoms with van der Waals surface area (Å²) in [7, 11) is -8.61. The number of nitrogen functional groups attached to an aromatic ring is 2. The summed E-state index contributed by atoms with van der Waals surface area (Å²) in [4.78, 5) is 85.5. The summed E-state index contributed by atoms with van der Waals surface area (Å²) in [5, 5.41) is 22.8. The number of hydrogen-bond donors (Lipinski definition) is 7. The fourth-order valence-electron chi connectivity index (χ4n) is 5.52. The molecule has 9 N–H and O–H groups in total. The number of allylic oxidation sites excluding steroid dienone is 1. The molecule has 0 aliphatic rings. The van der Waals surface area contributed by atoms with Crippen LogP contribution < -0.4 is 17.2 Å². The number of aromatic nitrogens is 6. The van der Waals surface area contributed by atoms with Crippen LogP contribution in [-0.2, 0) is 46.5 Å². The second-order valence-electron chi connectivity index (χ2n) is 12.8. The molecule has 59 heavy (non-hydrogen) atoms. The van der Waals surface area contributed by atoms with E-state index in [0.717, 1.165) is 63.0 Å². The lowest BCUT2D eigenvalue weighted by Gasteiger charge is -2.33. The van der Waals surface area contributed by atoms with Crippen molar-refractivity contribution in [1.29, 1.82) is 0 Å². The molecule has 1 unspecified atom stereocenters. The number of carbonyl (C=O) groups is 2. The molecule has 3 aromatic heterocycles. The lowest BCUT2D eigenvalue weighted by atomic mass is 10.1. The van der Waals surface area contributed by atoms with Crippen LogP contribution in [0.15, 0.2) is 42.4 Å². The SMILES string of the molecule is C=CCCC(=O)N(CCCCCC)CC(=O)O[C@@H]([C@@H](O)n1cnc2c(N)ncnc21)[C@@H](COP(=O)(O)O[C@@H]([C@@H](O)n1ccc(N)nc1=O)[C@@H](COP(=O)(O)O)OC)OC. The molecular formula is C32H51N9O16P2. The Bertz CT molecular complexity index is 2000. The maximum Gasteiger partial charge on any atom is 0.472 e. The highest BCUT2D eigenvalue weighted by Crippen LogP contribution is 2.47. The normalized spacial score (nSPS) is 16.1. The summed E-state index contributed by atoms with van der Waals surface area (Å²) in [6, 6.07) is 1.09. The van der Waals surface area contributed by atoms with E-state index in [-0.39, 0.29) is 41.7 Å². The van der Waals surface area contributed by atoms with Crippen LogP contribution in [0.1, 0.15) is 57.9 Å². The number of amides is 1. The van der Waals surface area contributed by atoms with Crippen LogP contribution >= 0.6 is 15.6 Å². The molecule has 1 amide bonds. The number of aliphatic hydroxyl groups excluding tert-OH is 2. The predicted octanol–water partition coefficient (Wildman–Crippen LogP) is 0.158. The number of methoxy groups -OCH3 is 2. The predicted molar refractivity (Wildman–Crippen MR) is 205 cm³/mol. The van der Waals surface area contributed by atoms with Crippen molar-refractivity contribution in [2.45, 2.75) is 82.3 Å². The summed E-state index contributed by atoms with van der Waals surface area (Å²) in [6.45, 7) is 3.24. The van der Waals surface area contributed by atoms with Crippen LogP contribution in [0.4, 0.5) is 11.6 Å². The van der Waals surface area contributed by atoms with Gasteiger partial charge in [0.2, 0.25) is 5.91 Å². The number of nitrogens with two attached hydrogens (primary N) is 2. The molecule has 0 aliphatic carbocycles. The van der Waals surface area contributed by atoms with E-state index in [1.54, 1.807) is 6.08 Å². The number of esters is 1. The molecule has 0 bridgehead atoms. The number of ether oxygens (including phenoxy) is 3. The molecule has 0 fully saturated rings. The molecule has 27 heteroatoms. The van der Waals surface area contributed by atoms with Gasteiger partial charge in [-0.25, -0.2) is 28.9 Å². The van der Waals surface area contributed by atoms with Gasteiger partial charge in [-0.15, -0.1) is 6.58 Å². The van der Waals surface area contributed by atoms with E-state index in [9.17, 15) is 48.4 Å². The molecule has 0 aromatic carbocycles. The lowest BCUT2D eigenvalue weighted by molar-refractivity contribution is -0.179. The molecule has 3 rings (SSSR count). The Labute approximate surface area is 337 Å². The minimum absolute atomic E-state index is 0.0116. The summed E-state index contributed by atoms with van der Waals surface area (Å²) >= 11 is 0. The van der Waals surface area contributed by atoms with Crippen LogP contribution in [0.25, 0.3) is 11.2 Å². The molecule has 3 heterocycles. The fourth-order valence-corrected chi connectivity index (χ4v) is 6.81. The molecule has 0 aliphatic heterocycles. The number of fused-ring (bicyclic) bond motifs is 1. The van der Waals surface area contributed by atoms with Gasteiger partial charge in [0.15, 0.2) is 30.0 Å². The smallest absolute Gasteiger partial charge is 0.453 e. The van der Waals surface area contributed by atoms with Gasteiger partial charge in [0, 0.05) is 33.4 Å². The standard InChI is InChI=1S/C32H51N9O16P2/c1-5-7-9-10-13-39(23(42)11-8-6-2)15-24(43)56-26(30(44)41-19-37-25-28(34)35-18-36-29(25)41)20(52-3)17-55-59(50,51)57-27(21(53-4)16-54-58(47,48)49)31(45)40-14-12-22(33)38-32(40)46/h6,12,14,18-21,26-27,30-31,44-45H,2,5,7-11,13,15-17H2,1,3-4H3,(H,50,51)(H2,33,38,46)(H2,34,35,36)(H2,47,48,49)/t20-,21-,26-,27-,30-,31-/m1/s1. The molecule has 0 saturated carbocycles. The van der Waals surface area contributed by atoms with Gasteiger partial charge in [-0.05, 0) is 18.9 Å². The summed E-state index contributed by atoms with van der Waals surface area (Å²) < 4.78 is 57.8. The fraction of sp³-hybridized carbons (Fsp3) is 0.594. The number of anilines is 2. The Kier molecular flexibility index (Phi) is 19.1. The number of phosphoric ester groups is 2. The highest BCUT2D eigenvalue weighted by Gasteiger charge is 2.42. The average Bonchev–Trinajstić information content (AvgIpc) is 3.62. The van der Waals surface area contributed by atoms with Gasteiger partial charge in [0.25, 0.3) is 0 Å². The van der Waals surface area contributed by atoms with Gasteiger partial charge in [0.05, 0.1) is 19.5 Å². The molecule has 0 radical (unpaired) electrons. The molecule has 25 nitrogen and oxygen atoms in total. The molecular weight excluding hydrogens is 828 g/mol. The molecule has 3 aromatic rings. The van der Waals surface area contributed by atoms with Crippen LogP contribution in [0.5, 0.6) is 0 Å². The number of aliphatic hydroxyl groups is 2. The Hall–Kier alpha value is -4.23. The van der Waals surface area contributed by atoms with Crippen molar-refractivity contribution in [1.82, 2.24) is 34.0 Å². The second kappa shape index (κ2) is 23.0. The highest BCUT2D eigenvalue weighted by atomic mass is 31.2. The van der Waals surface area contributed by atoms with E-state index < -0.39 is 83.9 Å². The van der Waals surface area contributed by atoms with E-state index in [4.69, 9.17) is 34.7 Å². The van der Waals surface area contributed by atoms with Gasteiger partial charge in [-0.1, -0.05) is 32.3 Å². The topological polar surface area (TPSA) is 359 Å². The number of phosphoric acid groups is 2. The maximum absolute atomic E-state index is 13.6. The quantitative estimate of drug-likeness (QED) is 0.0232. The van der Waals surface area contributed by atoms with Crippen molar-refractivity contribution >= 4 is 50.3 Å². The third-order valence-corrected chi connectivity index (χ3v) is 10.1. The van der Waals surface area contributed by atoms with Crippen LogP contribution in [0, 0.1) is 0 Å². The first kappa shape index (κ1) is 49.1. The van der Waals surface area contributed by atoms with Crippen molar-refractivity contribution in [2.75, 3.05) is 52.0 Å². The zero-order valence-corrected chi connectivity index (χ0v) is 34.3. The first-order valence-electron chi connectivity index (χ1n) is 18.0. The maximum atomic E-state index is 13.6.